The predicted molar refractivity (Wildman–Crippen MR) is 37.8 cm³/mol. The highest BCUT2D eigenvalue weighted by molar-refractivity contribution is 5.61. The van der Waals surface area contributed by atoms with Crippen LogP contribution in [-0.2, 0) is 9.47 Å². The zero-order valence-electron chi connectivity index (χ0n) is 6.54. The highest BCUT2D eigenvalue weighted by Gasteiger charge is 2.23. The Balaban J connectivity index is 0.000000217. The van der Waals surface area contributed by atoms with Gasteiger partial charge < -0.3 is 9.47 Å². The number of halogens is 1. The summed E-state index contributed by atoms with van der Waals surface area (Å²) >= 11 is 0. The zero-order chi connectivity index (χ0) is 9.56. The van der Waals surface area contributed by atoms with E-state index in [-0.39, 0.29) is 6.61 Å². The van der Waals surface area contributed by atoms with Gasteiger partial charge in [-0.25, -0.2) is 4.79 Å². The fourth-order valence-corrected chi connectivity index (χ4v) is 0.306. The number of cyclic esters (lactones) is 2. The molecule has 0 aromatic carbocycles. The first-order chi connectivity index (χ1) is 5.56. The summed E-state index contributed by atoms with van der Waals surface area (Å²) in [6, 6.07) is 1.83. The van der Waals surface area contributed by atoms with Crippen molar-refractivity contribution in [1.29, 1.82) is 5.26 Å². The lowest BCUT2D eigenvalue weighted by molar-refractivity contribution is 0.0573. The number of nitriles is 1. The third kappa shape index (κ3) is 5.23. The Hall–Kier alpha value is -1.57. The van der Waals surface area contributed by atoms with Crippen molar-refractivity contribution in [1.82, 2.24) is 0 Å². The molecule has 0 N–H and O–H groups in total. The van der Waals surface area contributed by atoms with E-state index in [1.54, 1.807) is 6.92 Å². The van der Waals surface area contributed by atoms with Crippen molar-refractivity contribution >= 4 is 6.16 Å². The Morgan fingerprint density at radius 2 is 2.42 bits per heavy atom. The molecule has 1 aliphatic rings. The Labute approximate surface area is 69.2 Å². The van der Waals surface area contributed by atoms with Gasteiger partial charge in [-0.3, -0.25) is 0 Å². The van der Waals surface area contributed by atoms with Crippen molar-refractivity contribution in [3.8, 4) is 6.07 Å². The summed E-state index contributed by atoms with van der Waals surface area (Å²) in [4.78, 5) is 9.77. The molecule has 0 amide bonds. The normalized spacial score (nSPS) is 19.4. The molecule has 0 saturated carbocycles. The molecule has 1 saturated heterocycles. The largest absolute Gasteiger partial charge is 0.511 e. The van der Waals surface area contributed by atoms with Crippen molar-refractivity contribution in [3.05, 3.63) is 12.2 Å². The van der Waals surface area contributed by atoms with E-state index < -0.39 is 12.5 Å². The second kappa shape index (κ2) is 5.13. The molecule has 0 radical (unpaired) electrons. The number of nitrogens with zero attached hydrogens (tertiary/aromatic N) is 1. The molecule has 0 bridgehead atoms. The third-order valence-electron chi connectivity index (χ3n) is 0.747. The van der Waals surface area contributed by atoms with Gasteiger partial charge in [-0.15, -0.1) is 0 Å². The van der Waals surface area contributed by atoms with Gasteiger partial charge in [-0.1, -0.05) is 6.58 Å². The maximum atomic E-state index is 11.6. The van der Waals surface area contributed by atoms with Crippen LogP contribution in [0.25, 0.3) is 0 Å². The van der Waals surface area contributed by atoms with Crippen LogP contribution >= 0.6 is 0 Å². The van der Waals surface area contributed by atoms with Gasteiger partial charge >= 0.3 is 6.16 Å². The minimum absolute atomic E-state index is 0.265. The van der Waals surface area contributed by atoms with E-state index in [9.17, 15) is 9.18 Å². The molecule has 66 valence electrons. The average Bonchev–Trinajstić information content (AvgIpc) is 2.36. The van der Waals surface area contributed by atoms with Gasteiger partial charge in [-0.2, -0.15) is 9.65 Å². The van der Waals surface area contributed by atoms with Crippen LogP contribution in [-0.4, -0.2) is 19.1 Å². The van der Waals surface area contributed by atoms with Crippen molar-refractivity contribution in [2.24, 2.45) is 0 Å². The molecule has 1 heterocycles. The molecule has 4 nitrogen and oxygen atoms in total. The molecule has 0 aliphatic carbocycles. The van der Waals surface area contributed by atoms with Gasteiger partial charge in [0.15, 0.2) is 6.61 Å². The summed E-state index contributed by atoms with van der Waals surface area (Å²) in [5.74, 6) is 0. The summed E-state index contributed by atoms with van der Waals surface area (Å²) < 4.78 is 19.5. The van der Waals surface area contributed by atoms with E-state index in [4.69, 9.17) is 5.26 Å². The average molecular weight is 173 g/mol. The molecule has 5 heteroatoms. The van der Waals surface area contributed by atoms with Crippen LogP contribution in [0.5, 0.6) is 0 Å². The van der Waals surface area contributed by atoms with Crippen molar-refractivity contribution in [3.63, 3.8) is 0 Å². The Bertz CT molecular complexity index is 221. The minimum atomic E-state index is -1.55. The van der Waals surface area contributed by atoms with Gasteiger partial charge in [0, 0.05) is 5.57 Å². The first-order valence-electron chi connectivity index (χ1n) is 3.09. The predicted octanol–water partition coefficient (Wildman–Crippen LogP) is 1.53. The molecular weight excluding hydrogens is 165 g/mol. The van der Waals surface area contributed by atoms with E-state index in [0.29, 0.717) is 5.57 Å². The zero-order valence-corrected chi connectivity index (χ0v) is 6.54. The van der Waals surface area contributed by atoms with Crippen LogP contribution in [0.3, 0.4) is 0 Å². The summed E-state index contributed by atoms with van der Waals surface area (Å²) in [6.45, 7) is 4.71. The number of hydrogen-bond acceptors (Lipinski definition) is 4. The third-order valence-corrected chi connectivity index (χ3v) is 0.747. The first-order valence-corrected chi connectivity index (χ1v) is 3.09. The SMILES string of the molecule is C=C(C)C#N.O=C1OCC(F)O1. The van der Waals surface area contributed by atoms with Crippen molar-refractivity contribution in [2.45, 2.75) is 13.3 Å². The Kier molecular flexibility index (Phi) is 4.46. The number of carbonyl (C=O) groups is 1. The molecule has 12 heavy (non-hydrogen) atoms. The topological polar surface area (TPSA) is 59.3 Å². The number of rotatable bonds is 0. The lowest BCUT2D eigenvalue weighted by Gasteiger charge is -1.85. The highest BCUT2D eigenvalue weighted by Crippen LogP contribution is 2.05. The monoisotopic (exact) mass is 173 g/mol. The maximum Gasteiger partial charge on any atom is 0.511 e. The number of carbonyl (C=O) groups excluding carboxylic acids is 1. The minimum Gasteiger partial charge on any atom is -0.427 e. The summed E-state index contributed by atoms with van der Waals surface area (Å²) in [7, 11) is 0. The van der Waals surface area contributed by atoms with Gasteiger partial charge in [-0.05, 0) is 6.92 Å². The lowest BCUT2D eigenvalue weighted by atomic mass is 10.4. The van der Waals surface area contributed by atoms with Gasteiger partial charge in [0.25, 0.3) is 6.36 Å². The van der Waals surface area contributed by atoms with Crippen LogP contribution in [0.1, 0.15) is 6.92 Å². The van der Waals surface area contributed by atoms with Gasteiger partial charge in [0.05, 0.1) is 6.07 Å². The molecule has 1 unspecified atom stereocenters. The fourth-order valence-electron chi connectivity index (χ4n) is 0.306. The molecule has 0 aromatic heterocycles. The Morgan fingerprint density at radius 1 is 1.92 bits per heavy atom. The maximum absolute atomic E-state index is 11.6. The first kappa shape index (κ1) is 10.4. The van der Waals surface area contributed by atoms with E-state index in [2.05, 4.69) is 16.1 Å². The number of allylic oxidation sites excluding steroid dienone is 1. The fraction of sp³-hybridized carbons (Fsp3) is 0.429. The second-order valence-electron chi connectivity index (χ2n) is 1.98. The van der Waals surface area contributed by atoms with Crippen LogP contribution < -0.4 is 0 Å². The molecule has 1 aliphatic heterocycles. The number of alkyl halides is 1. The van der Waals surface area contributed by atoms with E-state index in [1.165, 1.54) is 0 Å². The van der Waals surface area contributed by atoms with E-state index in [1.807, 2.05) is 6.07 Å². The quantitative estimate of drug-likeness (QED) is 0.411. The van der Waals surface area contributed by atoms with Crippen molar-refractivity contribution in [2.75, 3.05) is 6.61 Å². The lowest BCUT2D eigenvalue weighted by Crippen LogP contribution is -1.98. The summed E-state index contributed by atoms with van der Waals surface area (Å²) in [6.07, 6.45) is -2.47. The molecular formula is C7H8FNO3. The van der Waals surface area contributed by atoms with Crippen molar-refractivity contribution < 1.29 is 18.7 Å². The smallest absolute Gasteiger partial charge is 0.427 e. The Morgan fingerprint density at radius 3 is 2.50 bits per heavy atom. The summed E-state index contributed by atoms with van der Waals surface area (Å²) in [5.41, 5.74) is 0.560. The molecule has 0 spiro atoms. The molecule has 1 rings (SSSR count). The van der Waals surface area contributed by atoms with Crippen LogP contribution in [0.4, 0.5) is 9.18 Å². The summed E-state index contributed by atoms with van der Waals surface area (Å²) in [5, 5.41) is 7.79. The van der Waals surface area contributed by atoms with Crippen LogP contribution in [0, 0.1) is 11.3 Å². The van der Waals surface area contributed by atoms with Crippen LogP contribution in [0.15, 0.2) is 12.2 Å². The standard InChI is InChI=1S/C4H5N.C3H3FO3/c1-4(2)3-5;4-2-1-6-3(5)7-2/h1H2,2H3;2H,1H2. The number of hydrogen-bond donors (Lipinski definition) is 0. The van der Waals surface area contributed by atoms with Gasteiger partial charge in [0.1, 0.15) is 0 Å². The number of ether oxygens (including phenoxy) is 2. The highest BCUT2D eigenvalue weighted by atomic mass is 19.1. The van der Waals surface area contributed by atoms with Crippen LogP contribution in [0.2, 0.25) is 0 Å². The second-order valence-corrected chi connectivity index (χ2v) is 1.98. The van der Waals surface area contributed by atoms with Gasteiger partial charge in [0.2, 0.25) is 0 Å². The molecule has 1 atom stereocenters. The van der Waals surface area contributed by atoms with E-state index in [0.717, 1.165) is 0 Å². The molecule has 0 aromatic rings. The molecule has 1 fully saturated rings. The van der Waals surface area contributed by atoms with E-state index >= 15 is 0 Å².